The highest BCUT2D eigenvalue weighted by Crippen LogP contribution is 2.43. The quantitative estimate of drug-likeness (QED) is 0.229. The van der Waals surface area contributed by atoms with Crippen LogP contribution in [0.2, 0.25) is 0 Å². The van der Waals surface area contributed by atoms with E-state index in [1.54, 1.807) is 23.1 Å². The monoisotopic (exact) mass is 575 g/mol. The van der Waals surface area contributed by atoms with Gasteiger partial charge in [-0.2, -0.15) is 0 Å². The van der Waals surface area contributed by atoms with E-state index in [0.717, 1.165) is 48.5 Å². The number of benzene rings is 3. The molecule has 40 heavy (non-hydrogen) atoms. The number of aryl methyl sites for hydroxylation is 1. The molecule has 1 amide bonds. The molecule has 0 aliphatic carbocycles. The zero-order valence-electron chi connectivity index (χ0n) is 22.7. The summed E-state index contributed by atoms with van der Waals surface area (Å²) in [6, 6.07) is 24.4. The van der Waals surface area contributed by atoms with E-state index < -0.39 is 6.29 Å². The third-order valence-electron chi connectivity index (χ3n) is 6.99. The van der Waals surface area contributed by atoms with E-state index >= 15 is 0 Å². The number of hydrogen-bond acceptors (Lipinski definition) is 8. The number of aliphatic hydroxyl groups is 1. The molecule has 2 heterocycles. The highest BCUT2D eigenvalue weighted by atomic mass is 32.2. The van der Waals surface area contributed by atoms with Crippen LogP contribution in [0.15, 0.2) is 77.1 Å². The molecule has 3 aromatic carbocycles. The molecular weight excluding hydrogens is 542 g/mol. The van der Waals surface area contributed by atoms with Crippen LogP contribution in [-0.4, -0.2) is 33.1 Å². The predicted molar refractivity (Wildman–Crippen MR) is 158 cm³/mol. The van der Waals surface area contributed by atoms with Gasteiger partial charge >= 0.3 is 0 Å². The molecule has 1 aliphatic heterocycles. The van der Waals surface area contributed by atoms with Crippen LogP contribution < -0.4 is 5.32 Å². The minimum absolute atomic E-state index is 0.0100. The molecule has 5 rings (SSSR count). The molecule has 0 saturated carbocycles. The van der Waals surface area contributed by atoms with Crippen LogP contribution in [0.25, 0.3) is 11.1 Å². The average molecular weight is 576 g/mol. The van der Waals surface area contributed by atoms with E-state index in [9.17, 15) is 9.90 Å². The number of aromatic nitrogens is 2. The van der Waals surface area contributed by atoms with E-state index in [2.05, 4.69) is 58.8 Å². The highest BCUT2D eigenvalue weighted by Gasteiger charge is 2.38. The van der Waals surface area contributed by atoms with E-state index in [-0.39, 0.29) is 30.6 Å². The van der Waals surface area contributed by atoms with Crippen molar-refractivity contribution in [1.82, 2.24) is 15.5 Å². The fourth-order valence-electron chi connectivity index (χ4n) is 4.72. The summed E-state index contributed by atoms with van der Waals surface area (Å²) in [5.41, 5.74) is 6.09. The van der Waals surface area contributed by atoms with Gasteiger partial charge in [0.05, 0.1) is 18.8 Å². The molecule has 208 valence electrons. The Bertz CT molecular complexity index is 1430. The van der Waals surface area contributed by atoms with E-state index in [1.807, 2.05) is 43.3 Å². The molecule has 1 fully saturated rings. The SMILES string of the molecule is CC(=O)NCc1cccc(-c2ccc(C3OC(CSc4nnc(C)s4)C(C)C(c4ccc(CO)cc4)O3)cc2)c1. The summed E-state index contributed by atoms with van der Waals surface area (Å²) in [6.07, 6.45) is -0.764. The molecule has 9 heteroatoms. The predicted octanol–water partition coefficient (Wildman–Crippen LogP) is 6.23. The van der Waals surface area contributed by atoms with Crippen molar-refractivity contribution in [2.24, 2.45) is 5.92 Å². The van der Waals surface area contributed by atoms with Crippen LogP contribution >= 0.6 is 23.1 Å². The summed E-state index contributed by atoms with van der Waals surface area (Å²) in [4.78, 5) is 11.3. The number of nitrogens with zero attached hydrogens (tertiary/aromatic N) is 2. The normalized spacial score (nSPS) is 20.8. The number of rotatable bonds is 9. The van der Waals surface area contributed by atoms with Crippen LogP contribution in [-0.2, 0) is 27.4 Å². The number of hydrogen-bond donors (Lipinski definition) is 2. The molecule has 1 aromatic heterocycles. The summed E-state index contributed by atoms with van der Waals surface area (Å²) in [5, 5.41) is 21.7. The Kier molecular flexibility index (Phi) is 9.29. The van der Waals surface area contributed by atoms with Crippen LogP contribution in [0.1, 0.15) is 53.5 Å². The fraction of sp³-hybridized carbons (Fsp3) is 0.323. The van der Waals surface area contributed by atoms with Crippen molar-refractivity contribution in [2.75, 3.05) is 5.75 Å². The summed E-state index contributed by atoms with van der Waals surface area (Å²) >= 11 is 3.25. The molecule has 1 saturated heterocycles. The van der Waals surface area contributed by atoms with Crippen LogP contribution in [0.4, 0.5) is 0 Å². The Morgan fingerprint density at radius 1 is 0.975 bits per heavy atom. The highest BCUT2D eigenvalue weighted by molar-refractivity contribution is 8.01. The van der Waals surface area contributed by atoms with Crippen LogP contribution in [0.3, 0.4) is 0 Å². The smallest absolute Gasteiger partial charge is 0.217 e. The average Bonchev–Trinajstić information content (AvgIpc) is 3.40. The van der Waals surface area contributed by atoms with E-state index in [0.29, 0.717) is 6.54 Å². The van der Waals surface area contributed by atoms with Gasteiger partial charge < -0.3 is 19.9 Å². The maximum Gasteiger partial charge on any atom is 0.217 e. The van der Waals surface area contributed by atoms with E-state index in [4.69, 9.17) is 9.47 Å². The van der Waals surface area contributed by atoms with Gasteiger partial charge in [-0.1, -0.05) is 96.8 Å². The molecule has 4 aromatic rings. The number of amides is 1. The van der Waals surface area contributed by atoms with Gasteiger partial charge in [-0.15, -0.1) is 10.2 Å². The zero-order valence-corrected chi connectivity index (χ0v) is 24.4. The van der Waals surface area contributed by atoms with Gasteiger partial charge in [-0.05, 0) is 40.8 Å². The first kappa shape index (κ1) is 28.4. The molecule has 0 bridgehead atoms. The molecular formula is C31H33N3O4S2. The summed E-state index contributed by atoms with van der Waals surface area (Å²) in [5.74, 6) is 0.790. The summed E-state index contributed by atoms with van der Waals surface area (Å²) in [7, 11) is 0. The largest absolute Gasteiger partial charge is 0.392 e. The van der Waals surface area contributed by atoms with Crippen LogP contribution in [0, 0.1) is 12.8 Å². The van der Waals surface area contributed by atoms with Gasteiger partial charge in [0.2, 0.25) is 5.91 Å². The Hall–Kier alpha value is -3.08. The minimum atomic E-state index is -0.527. The van der Waals surface area contributed by atoms with E-state index in [1.165, 1.54) is 6.92 Å². The van der Waals surface area contributed by atoms with Crippen molar-refractivity contribution in [3.05, 3.63) is 100 Å². The number of thioether (sulfide) groups is 1. The fourth-order valence-corrected chi connectivity index (χ4v) is 6.73. The third kappa shape index (κ3) is 6.97. The summed E-state index contributed by atoms with van der Waals surface area (Å²) in [6.45, 7) is 6.15. The van der Waals surface area contributed by atoms with Crippen LogP contribution in [0.5, 0.6) is 0 Å². The molecule has 2 N–H and O–H groups in total. The lowest BCUT2D eigenvalue weighted by atomic mass is 9.91. The van der Waals surface area contributed by atoms with Crippen molar-refractivity contribution < 1.29 is 19.4 Å². The molecule has 4 atom stereocenters. The Morgan fingerprint density at radius 3 is 2.40 bits per heavy atom. The number of carbonyl (C=O) groups excluding carboxylic acids is 1. The Labute approximate surface area is 243 Å². The number of ether oxygens (including phenoxy) is 2. The second-order valence-electron chi connectivity index (χ2n) is 9.95. The molecule has 7 nitrogen and oxygen atoms in total. The number of nitrogens with one attached hydrogen (secondary N) is 1. The maximum absolute atomic E-state index is 11.3. The van der Waals surface area contributed by atoms with Gasteiger partial charge in [0, 0.05) is 30.7 Å². The van der Waals surface area contributed by atoms with Crippen molar-refractivity contribution in [2.45, 2.75) is 56.8 Å². The van der Waals surface area contributed by atoms with Gasteiger partial charge in [0.15, 0.2) is 10.6 Å². The Balaban J connectivity index is 1.36. The number of aliphatic hydroxyl groups excluding tert-OH is 1. The van der Waals surface area contributed by atoms with Gasteiger partial charge in [-0.25, -0.2) is 0 Å². The summed E-state index contributed by atoms with van der Waals surface area (Å²) < 4.78 is 14.1. The maximum atomic E-state index is 11.3. The lowest BCUT2D eigenvalue weighted by molar-refractivity contribution is -0.268. The van der Waals surface area contributed by atoms with Crippen molar-refractivity contribution in [3.8, 4) is 11.1 Å². The Morgan fingerprint density at radius 2 is 1.73 bits per heavy atom. The molecule has 0 spiro atoms. The lowest BCUT2D eigenvalue weighted by Gasteiger charge is -2.41. The first-order chi connectivity index (χ1) is 19.4. The van der Waals surface area contributed by atoms with Crippen molar-refractivity contribution in [1.29, 1.82) is 0 Å². The zero-order chi connectivity index (χ0) is 28.1. The lowest BCUT2D eigenvalue weighted by Crippen LogP contribution is -2.38. The number of carbonyl (C=O) groups is 1. The first-order valence-electron chi connectivity index (χ1n) is 13.3. The molecule has 4 unspecified atom stereocenters. The molecule has 1 aliphatic rings. The standard InChI is InChI=1S/C31H33N3O4S2/c1-19-28(18-39-31-34-33-21(3)40-31)37-30(38-29(19)25-9-7-22(17-35)8-10-25)26-13-11-24(12-14-26)27-6-4-5-23(15-27)16-32-20(2)36/h4-15,19,28-30,35H,16-18H2,1-3H3,(H,32,36). The van der Waals surface area contributed by atoms with Gasteiger partial charge in [-0.3, -0.25) is 4.79 Å². The molecule has 0 radical (unpaired) electrons. The topological polar surface area (TPSA) is 93.6 Å². The van der Waals surface area contributed by atoms with Crippen molar-refractivity contribution >= 4 is 29.0 Å². The third-order valence-corrected chi connectivity index (χ3v) is 9.05. The first-order valence-corrected chi connectivity index (χ1v) is 15.1. The van der Waals surface area contributed by atoms with Gasteiger partial charge in [0.25, 0.3) is 0 Å². The minimum Gasteiger partial charge on any atom is -0.392 e. The second kappa shape index (κ2) is 13.1. The van der Waals surface area contributed by atoms with Crippen molar-refractivity contribution in [3.63, 3.8) is 0 Å². The second-order valence-corrected chi connectivity index (χ2v) is 12.4. The van der Waals surface area contributed by atoms with Gasteiger partial charge in [0.1, 0.15) is 5.01 Å².